The Labute approximate surface area is 141 Å². The van der Waals surface area contributed by atoms with E-state index in [1.54, 1.807) is 4.90 Å². The standard InChI is InChI=1S/C18H24N2O4/c21-16(8-4-5-9-17(22)23)20-12-10-14(11-13-20)18(24)19-15-6-2-1-3-7-15/h1-3,6-7,14H,4-5,8-13H2,(H,19,24)(H,22,23). The van der Waals surface area contributed by atoms with Crippen LogP contribution >= 0.6 is 0 Å². The highest BCUT2D eigenvalue weighted by Gasteiger charge is 2.27. The number of amides is 2. The lowest BCUT2D eigenvalue weighted by molar-refractivity contribution is -0.138. The summed E-state index contributed by atoms with van der Waals surface area (Å²) in [4.78, 5) is 36.6. The van der Waals surface area contributed by atoms with Crippen molar-refractivity contribution in [2.45, 2.75) is 38.5 Å². The second kappa shape index (κ2) is 9.05. The van der Waals surface area contributed by atoms with Crippen molar-refractivity contribution < 1.29 is 19.5 Å². The molecule has 0 bridgehead atoms. The van der Waals surface area contributed by atoms with Crippen LogP contribution in [-0.2, 0) is 14.4 Å². The van der Waals surface area contributed by atoms with E-state index in [0.29, 0.717) is 45.2 Å². The molecule has 6 nitrogen and oxygen atoms in total. The average Bonchev–Trinajstić information content (AvgIpc) is 2.59. The Balaban J connectivity index is 1.69. The van der Waals surface area contributed by atoms with Crippen molar-refractivity contribution >= 4 is 23.5 Å². The molecule has 0 aromatic heterocycles. The van der Waals surface area contributed by atoms with Crippen LogP contribution in [0.25, 0.3) is 0 Å². The van der Waals surface area contributed by atoms with Crippen LogP contribution in [0.2, 0.25) is 0 Å². The highest BCUT2D eigenvalue weighted by atomic mass is 16.4. The van der Waals surface area contributed by atoms with Gasteiger partial charge in [-0.1, -0.05) is 18.2 Å². The first-order valence-electron chi connectivity index (χ1n) is 8.42. The molecule has 1 aromatic rings. The molecule has 0 radical (unpaired) electrons. The monoisotopic (exact) mass is 332 g/mol. The van der Waals surface area contributed by atoms with Crippen LogP contribution in [0.15, 0.2) is 30.3 Å². The van der Waals surface area contributed by atoms with Gasteiger partial charge in [-0.05, 0) is 37.8 Å². The molecule has 2 N–H and O–H groups in total. The predicted octanol–water partition coefficient (Wildman–Crippen LogP) is 2.51. The summed E-state index contributed by atoms with van der Waals surface area (Å²) < 4.78 is 0. The minimum absolute atomic E-state index is 0.00903. The summed E-state index contributed by atoms with van der Waals surface area (Å²) in [6.45, 7) is 1.18. The van der Waals surface area contributed by atoms with E-state index in [9.17, 15) is 14.4 Å². The van der Waals surface area contributed by atoms with Crippen molar-refractivity contribution in [3.8, 4) is 0 Å². The second-order valence-corrected chi connectivity index (χ2v) is 6.11. The van der Waals surface area contributed by atoms with Gasteiger partial charge in [-0.25, -0.2) is 0 Å². The number of piperidine rings is 1. The zero-order valence-electron chi connectivity index (χ0n) is 13.7. The zero-order chi connectivity index (χ0) is 17.4. The topological polar surface area (TPSA) is 86.7 Å². The van der Waals surface area contributed by atoms with Crippen LogP contribution in [0.4, 0.5) is 5.69 Å². The number of unbranched alkanes of at least 4 members (excludes halogenated alkanes) is 1. The van der Waals surface area contributed by atoms with Gasteiger partial charge in [0.15, 0.2) is 0 Å². The van der Waals surface area contributed by atoms with E-state index in [0.717, 1.165) is 5.69 Å². The molecule has 130 valence electrons. The Kier molecular flexibility index (Phi) is 6.78. The van der Waals surface area contributed by atoms with Crippen LogP contribution in [0, 0.1) is 5.92 Å². The van der Waals surface area contributed by atoms with Gasteiger partial charge < -0.3 is 15.3 Å². The number of anilines is 1. The fourth-order valence-corrected chi connectivity index (χ4v) is 2.87. The molecule has 0 aliphatic carbocycles. The highest BCUT2D eigenvalue weighted by Crippen LogP contribution is 2.20. The van der Waals surface area contributed by atoms with Crippen LogP contribution in [0.5, 0.6) is 0 Å². The van der Waals surface area contributed by atoms with E-state index in [1.165, 1.54) is 0 Å². The number of carbonyl (C=O) groups excluding carboxylic acids is 2. The molecule has 2 rings (SSSR count). The van der Waals surface area contributed by atoms with E-state index < -0.39 is 5.97 Å². The molecule has 1 heterocycles. The quantitative estimate of drug-likeness (QED) is 0.751. The first-order chi connectivity index (χ1) is 11.6. The van der Waals surface area contributed by atoms with Gasteiger partial charge in [-0.2, -0.15) is 0 Å². The molecule has 1 saturated heterocycles. The Bertz CT molecular complexity index is 566. The fourth-order valence-electron chi connectivity index (χ4n) is 2.87. The SMILES string of the molecule is O=C(O)CCCCC(=O)N1CCC(C(=O)Nc2ccccc2)CC1. The molecule has 0 unspecified atom stereocenters. The number of para-hydroxylation sites is 1. The summed E-state index contributed by atoms with van der Waals surface area (Å²) in [5.74, 6) is -0.828. The molecule has 2 amide bonds. The van der Waals surface area contributed by atoms with E-state index in [2.05, 4.69) is 5.32 Å². The third kappa shape index (κ3) is 5.68. The summed E-state index contributed by atoms with van der Waals surface area (Å²) in [6, 6.07) is 9.36. The lowest BCUT2D eigenvalue weighted by Gasteiger charge is -2.31. The number of carboxylic acid groups (broad SMARTS) is 1. The number of hydrogen-bond acceptors (Lipinski definition) is 3. The third-order valence-electron chi connectivity index (χ3n) is 4.29. The van der Waals surface area contributed by atoms with Gasteiger partial charge in [0.05, 0.1) is 0 Å². The van der Waals surface area contributed by atoms with Crippen molar-refractivity contribution in [2.24, 2.45) is 5.92 Å². The smallest absolute Gasteiger partial charge is 0.303 e. The summed E-state index contributed by atoms with van der Waals surface area (Å²) in [7, 11) is 0. The number of rotatable bonds is 7. The first kappa shape index (κ1) is 18.0. The minimum atomic E-state index is -0.826. The number of nitrogens with zero attached hydrogens (tertiary/aromatic N) is 1. The highest BCUT2D eigenvalue weighted by molar-refractivity contribution is 5.92. The molecule has 1 fully saturated rings. The normalized spacial score (nSPS) is 15.1. The van der Waals surface area contributed by atoms with Gasteiger partial charge in [-0.3, -0.25) is 14.4 Å². The van der Waals surface area contributed by atoms with Crippen molar-refractivity contribution in [3.63, 3.8) is 0 Å². The maximum atomic E-state index is 12.2. The van der Waals surface area contributed by atoms with Crippen LogP contribution in [0.3, 0.4) is 0 Å². The lowest BCUT2D eigenvalue weighted by atomic mass is 9.95. The molecule has 0 spiro atoms. The molecule has 1 aliphatic rings. The Hall–Kier alpha value is -2.37. The number of benzene rings is 1. The molecule has 24 heavy (non-hydrogen) atoms. The number of carbonyl (C=O) groups is 3. The van der Waals surface area contributed by atoms with E-state index in [-0.39, 0.29) is 24.2 Å². The molecule has 0 saturated carbocycles. The van der Waals surface area contributed by atoms with E-state index in [4.69, 9.17) is 5.11 Å². The summed E-state index contributed by atoms with van der Waals surface area (Å²) in [5, 5.41) is 11.5. The van der Waals surface area contributed by atoms with E-state index in [1.807, 2.05) is 30.3 Å². The maximum absolute atomic E-state index is 12.2. The van der Waals surface area contributed by atoms with Crippen molar-refractivity contribution in [1.29, 1.82) is 0 Å². The average molecular weight is 332 g/mol. The predicted molar refractivity (Wildman–Crippen MR) is 90.5 cm³/mol. The lowest BCUT2D eigenvalue weighted by Crippen LogP contribution is -2.41. The largest absolute Gasteiger partial charge is 0.481 e. The van der Waals surface area contributed by atoms with Gasteiger partial charge >= 0.3 is 5.97 Å². The number of hydrogen-bond donors (Lipinski definition) is 2. The summed E-state index contributed by atoms with van der Waals surface area (Å²) >= 11 is 0. The van der Waals surface area contributed by atoms with Gasteiger partial charge in [0.25, 0.3) is 0 Å². The molecule has 6 heteroatoms. The minimum Gasteiger partial charge on any atom is -0.481 e. The van der Waals surface area contributed by atoms with Crippen LogP contribution in [-0.4, -0.2) is 40.9 Å². The number of likely N-dealkylation sites (tertiary alicyclic amines) is 1. The number of nitrogens with one attached hydrogen (secondary N) is 1. The zero-order valence-corrected chi connectivity index (χ0v) is 13.7. The second-order valence-electron chi connectivity index (χ2n) is 6.11. The summed E-state index contributed by atoms with van der Waals surface area (Å²) in [5.41, 5.74) is 0.791. The Morgan fingerprint density at radius 3 is 2.29 bits per heavy atom. The number of carboxylic acids is 1. The molecule has 1 aliphatic heterocycles. The molecule has 0 atom stereocenters. The van der Waals surface area contributed by atoms with Crippen LogP contribution < -0.4 is 5.32 Å². The third-order valence-corrected chi connectivity index (χ3v) is 4.29. The maximum Gasteiger partial charge on any atom is 0.303 e. The van der Waals surface area contributed by atoms with E-state index >= 15 is 0 Å². The van der Waals surface area contributed by atoms with Gasteiger partial charge in [0, 0.05) is 37.5 Å². The Morgan fingerprint density at radius 1 is 1.04 bits per heavy atom. The van der Waals surface area contributed by atoms with Crippen LogP contribution in [0.1, 0.15) is 38.5 Å². The van der Waals surface area contributed by atoms with Gasteiger partial charge in [-0.15, -0.1) is 0 Å². The van der Waals surface area contributed by atoms with Gasteiger partial charge in [0.1, 0.15) is 0 Å². The van der Waals surface area contributed by atoms with Gasteiger partial charge in [0.2, 0.25) is 11.8 Å². The van der Waals surface area contributed by atoms with Crippen molar-refractivity contribution in [2.75, 3.05) is 18.4 Å². The van der Waals surface area contributed by atoms with Crippen molar-refractivity contribution in [1.82, 2.24) is 4.90 Å². The molecular weight excluding hydrogens is 308 g/mol. The first-order valence-corrected chi connectivity index (χ1v) is 8.42. The fraction of sp³-hybridized carbons (Fsp3) is 0.500. The number of aliphatic carboxylic acids is 1. The summed E-state index contributed by atoms with van der Waals surface area (Å²) in [6.07, 6.45) is 2.94. The molecule has 1 aromatic carbocycles. The Morgan fingerprint density at radius 2 is 1.67 bits per heavy atom. The van der Waals surface area contributed by atoms with Crippen molar-refractivity contribution in [3.05, 3.63) is 30.3 Å². The molecular formula is C18H24N2O4.